The minimum Gasteiger partial charge on any atom is -0.305 e. The molecule has 8 heteroatoms. The molecule has 1 heterocycles. The van der Waals surface area contributed by atoms with Gasteiger partial charge in [0, 0.05) is 5.39 Å². The van der Waals surface area contributed by atoms with Crippen LogP contribution in [-0.4, -0.2) is 49.2 Å². The Balaban J connectivity index is 2.51. The molecule has 92 valence electrons. The molecule has 0 atom stereocenters. The van der Waals surface area contributed by atoms with E-state index in [-0.39, 0.29) is 27.3 Å². The smallest absolute Gasteiger partial charge is 0.305 e. The molecule has 22 heavy (non-hydrogen) atoms. The number of aromatic amines is 1. The molecule has 0 fully saturated rings. The van der Waals surface area contributed by atoms with Crippen LogP contribution in [0.5, 0.6) is 0 Å². The number of benzene rings is 2. The summed E-state index contributed by atoms with van der Waals surface area (Å²) in [4.78, 5) is 18.4. The molecule has 3 rings (SSSR count). The fourth-order valence-corrected chi connectivity index (χ4v) is 2.40. The van der Waals surface area contributed by atoms with Crippen LogP contribution >= 0.6 is 0 Å². The number of fused-ring (bicyclic) bond motifs is 1. The maximum Gasteiger partial charge on any atom is 0.345 e. The van der Waals surface area contributed by atoms with Gasteiger partial charge < -0.3 is 4.98 Å². The minimum atomic E-state index is -0.526. The van der Waals surface area contributed by atoms with Crippen LogP contribution in [0.1, 0.15) is 0 Å². The molecule has 2 aromatic carbocycles. The summed E-state index contributed by atoms with van der Waals surface area (Å²) >= 11 is 0. The molecule has 0 saturated heterocycles. The molecule has 0 aliphatic carbocycles. The van der Waals surface area contributed by atoms with Crippen molar-refractivity contribution in [2.45, 2.75) is 0 Å². The second kappa shape index (κ2) is 5.27. The highest BCUT2D eigenvalue weighted by Crippen LogP contribution is 2.20. The lowest BCUT2D eigenvalue weighted by Gasteiger charge is -2.21. The van der Waals surface area contributed by atoms with Crippen LogP contribution in [0.3, 0.4) is 0 Å². The van der Waals surface area contributed by atoms with Crippen molar-refractivity contribution in [1.29, 1.82) is 0 Å². The van der Waals surface area contributed by atoms with E-state index in [1.165, 1.54) is 0 Å². The zero-order chi connectivity index (χ0) is 16.0. The Bertz CT molecular complexity index is 938. The van der Waals surface area contributed by atoms with Crippen molar-refractivity contribution in [3.63, 3.8) is 0 Å². The molecule has 0 aliphatic heterocycles. The SMILES string of the molecule is [B]c1c([B])c([B])c(-c2nc(=O)[nH]c3ccccc23)c([B])c1[B]. The maximum absolute atomic E-state index is 11.8. The molecule has 1 N–H and O–H groups in total. The van der Waals surface area contributed by atoms with Crippen LogP contribution in [0.2, 0.25) is 0 Å². The highest BCUT2D eigenvalue weighted by Gasteiger charge is 2.16. The fraction of sp³-hybridized carbons (Fsp3) is 0. The van der Waals surface area contributed by atoms with Crippen LogP contribution in [0, 0.1) is 0 Å². The lowest BCUT2D eigenvalue weighted by molar-refractivity contribution is 1.13. The number of nitrogens with zero attached hydrogens (tertiary/aromatic N) is 1. The van der Waals surface area contributed by atoms with Gasteiger partial charge in [-0.05, 0) is 11.6 Å². The average Bonchev–Trinajstić information content (AvgIpc) is 2.51. The molecule has 3 nitrogen and oxygen atoms in total. The monoisotopic (exact) mass is 272 g/mol. The van der Waals surface area contributed by atoms with E-state index in [0.717, 1.165) is 0 Å². The number of hydrogen-bond acceptors (Lipinski definition) is 2. The van der Waals surface area contributed by atoms with Crippen LogP contribution in [-0.2, 0) is 0 Å². The molecule has 0 amide bonds. The Labute approximate surface area is 134 Å². The molecular weight excluding hydrogens is 266 g/mol. The quantitative estimate of drug-likeness (QED) is 0.468. The summed E-state index contributed by atoms with van der Waals surface area (Å²) in [6.07, 6.45) is 0. The van der Waals surface area contributed by atoms with Crippen molar-refractivity contribution >= 4 is 77.4 Å². The third-order valence-corrected chi connectivity index (χ3v) is 3.57. The Hall–Kier alpha value is -2.10. The Kier molecular flexibility index (Phi) is 3.55. The van der Waals surface area contributed by atoms with E-state index in [2.05, 4.69) is 9.97 Å². The lowest BCUT2D eigenvalue weighted by atomic mass is 9.60. The number of para-hydroxylation sites is 1. The number of rotatable bonds is 1. The fourth-order valence-electron chi connectivity index (χ4n) is 2.40. The molecule has 0 saturated carbocycles. The zero-order valence-corrected chi connectivity index (χ0v) is 11.6. The zero-order valence-electron chi connectivity index (χ0n) is 11.6. The normalized spacial score (nSPS) is 10.9. The largest absolute Gasteiger partial charge is 0.345 e. The van der Waals surface area contributed by atoms with Gasteiger partial charge in [-0.25, -0.2) is 4.79 Å². The van der Waals surface area contributed by atoms with Crippen LogP contribution < -0.4 is 33.0 Å². The number of H-pyrrole nitrogens is 1. The first kappa shape index (κ1) is 14.8. The van der Waals surface area contributed by atoms with E-state index in [1.807, 2.05) is 6.07 Å². The summed E-state index contributed by atoms with van der Waals surface area (Å²) in [6.45, 7) is 0. The third-order valence-electron chi connectivity index (χ3n) is 3.57. The topological polar surface area (TPSA) is 45.8 Å². The van der Waals surface area contributed by atoms with Crippen molar-refractivity contribution < 1.29 is 0 Å². The maximum atomic E-state index is 11.8. The molecule has 1 aromatic heterocycles. The summed E-state index contributed by atoms with van der Waals surface area (Å²) in [7, 11) is 29.6. The van der Waals surface area contributed by atoms with E-state index >= 15 is 0 Å². The summed E-state index contributed by atoms with van der Waals surface area (Å²) in [5, 5.41) is 0.670. The summed E-state index contributed by atoms with van der Waals surface area (Å²) in [5.74, 6) is 0. The van der Waals surface area contributed by atoms with Crippen LogP contribution in [0.4, 0.5) is 0 Å². The van der Waals surface area contributed by atoms with Crippen LogP contribution in [0.25, 0.3) is 22.2 Å². The third kappa shape index (κ3) is 2.14. The van der Waals surface area contributed by atoms with E-state index < -0.39 is 5.69 Å². The van der Waals surface area contributed by atoms with Gasteiger partial charge in [-0.3, -0.25) is 0 Å². The van der Waals surface area contributed by atoms with Gasteiger partial charge in [0.05, 0.1) is 11.2 Å². The standard InChI is InChI=1S/C14H5B5N2O/c15-8-7(9(16)11(18)12(19)10(8)17)13-5-3-1-2-4-6(5)20-14(22)21-13/h1-4H,(H,20,21,22). The Morgan fingerprint density at radius 3 is 2.00 bits per heavy atom. The predicted molar refractivity (Wildman–Crippen MR) is 94.7 cm³/mol. The van der Waals surface area contributed by atoms with Gasteiger partial charge in [0.1, 0.15) is 39.2 Å². The van der Waals surface area contributed by atoms with Gasteiger partial charge in [0.2, 0.25) is 0 Å². The first-order valence-corrected chi connectivity index (χ1v) is 6.42. The molecule has 3 aromatic rings. The van der Waals surface area contributed by atoms with E-state index in [1.54, 1.807) is 18.2 Å². The van der Waals surface area contributed by atoms with Crippen molar-refractivity contribution in [2.24, 2.45) is 0 Å². The number of aromatic nitrogens is 2. The molecule has 0 bridgehead atoms. The van der Waals surface area contributed by atoms with Gasteiger partial charge >= 0.3 is 5.69 Å². The number of nitrogens with one attached hydrogen (secondary N) is 1. The van der Waals surface area contributed by atoms with E-state index in [9.17, 15) is 4.79 Å². The molecule has 0 unspecified atom stereocenters. The van der Waals surface area contributed by atoms with Crippen molar-refractivity contribution in [1.82, 2.24) is 9.97 Å². The predicted octanol–water partition coefficient (Wildman–Crippen LogP) is -3.44. The summed E-state index contributed by atoms with van der Waals surface area (Å²) in [6, 6.07) is 7.14. The lowest BCUT2D eigenvalue weighted by Crippen LogP contribution is -2.55. The Morgan fingerprint density at radius 2 is 1.36 bits per heavy atom. The van der Waals surface area contributed by atoms with Crippen molar-refractivity contribution in [2.75, 3.05) is 0 Å². The van der Waals surface area contributed by atoms with Gasteiger partial charge in [-0.2, -0.15) is 4.98 Å². The second-order valence-electron chi connectivity index (χ2n) is 4.88. The van der Waals surface area contributed by atoms with Gasteiger partial charge in [-0.1, -0.05) is 29.1 Å². The molecular formula is C14H5B5N2O. The molecule has 0 spiro atoms. The first-order valence-electron chi connectivity index (χ1n) is 6.42. The minimum absolute atomic E-state index is 0.118. The highest BCUT2D eigenvalue weighted by molar-refractivity contribution is 6.68. The first-order chi connectivity index (χ1) is 10.4. The average molecular weight is 271 g/mol. The summed E-state index contributed by atoms with van der Waals surface area (Å²) < 4.78 is 0. The van der Waals surface area contributed by atoms with Gasteiger partial charge in [0.25, 0.3) is 0 Å². The van der Waals surface area contributed by atoms with Crippen LogP contribution in [0.15, 0.2) is 29.1 Å². The summed E-state index contributed by atoms with van der Waals surface area (Å²) in [5.41, 5.74) is 1.35. The van der Waals surface area contributed by atoms with E-state index in [4.69, 9.17) is 39.2 Å². The number of hydrogen-bond donors (Lipinski definition) is 1. The molecule has 10 radical (unpaired) electrons. The molecule has 0 aliphatic rings. The van der Waals surface area contributed by atoms with Crippen molar-refractivity contribution in [3.05, 3.63) is 34.7 Å². The van der Waals surface area contributed by atoms with E-state index in [0.29, 0.717) is 22.2 Å². The van der Waals surface area contributed by atoms with Crippen molar-refractivity contribution in [3.8, 4) is 11.3 Å². The highest BCUT2D eigenvalue weighted by atomic mass is 16.1. The second-order valence-corrected chi connectivity index (χ2v) is 4.88. The Morgan fingerprint density at radius 1 is 0.818 bits per heavy atom. The van der Waals surface area contributed by atoms with Gasteiger partial charge in [-0.15, -0.1) is 16.4 Å². The van der Waals surface area contributed by atoms with Gasteiger partial charge in [0.15, 0.2) is 0 Å².